The number of nitrogens with two attached hydrogens (primary N) is 3. The van der Waals surface area contributed by atoms with Gasteiger partial charge in [-0.25, -0.2) is 0 Å². The first kappa shape index (κ1) is 15.8. The number of Topliss-reactive ketones (excluding diaryl/α,β-unsaturated/α-hetero) is 2. The highest BCUT2D eigenvalue weighted by Gasteiger charge is 2.27. The summed E-state index contributed by atoms with van der Waals surface area (Å²) in [5.41, 5.74) is 16.7. The molecule has 1 aromatic rings. The number of carbonyl (C=O) groups excluding carboxylic acids is 3. The average Bonchev–Trinajstić information content (AvgIpc) is 2.38. The number of rotatable bonds is 7. The number of carbonyl (C=O) groups is 3. The molecule has 7 heteroatoms. The molecule has 0 aliphatic carbocycles. The zero-order chi connectivity index (χ0) is 15.3. The third kappa shape index (κ3) is 4.45. The molecule has 2 atom stereocenters. The number of ketones is 2. The van der Waals surface area contributed by atoms with E-state index in [1.54, 1.807) is 12.1 Å². The Bertz CT molecular complexity index is 513. The fraction of sp³-hybridized carbons (Fsp3) is 0.308. The molecule has 1 rings (SSSR count). The number of primary amides is 1. The lowest BCUT2D eigenvalue weighted by atomic mass is 9.96. The van der Waals surface area contributed by atoms with Crippen molar-refractivity contribution in [2.75, 3.05) is 0 Å². The van der Waals surface area contributed by atoms with E-state index in [4.69, 9.17) is 22.3 Å². The molecule has 7 N–H and O–H groups in total. The summed E-state index contributed by atoms with van der Waals surface area (Å²) in [5.74, 6) is -2.42. The van der Waals surface area contributed by atoms with Crippen molar-refractivity contribution in [1.29, 1.82) is 0 Å². The van der Waals surface area contributed by atoms with Crippen LogP contribution in [0.2, 0.25) is 0 Å². The number of amides is 1. The SMILES string of the molecule is NC(=O)C[C@H](N)C(=O)C(=O)[C@@H](N)Cc1ccc(O)cc1. The molecule has 20 heavy (non-hydrogen) atoms. The van der Waals surface area contributed by atoms with Gasteiger partial charge in [-0.1, -0.05) is 12.1 Å². The maximum atomic E-state index is 11.8. The van der Waals surface area contributed by atoms with Crippen LogP contribution in [0.15, 0.2) is 24.3 Å². The zero-order valence-electron chi connectivity index (χ0n) is 10.8. The summed E-state index contributed by atoms with van der Waals surface area (Å²) in [6.45, 7) is 0. The van der Waals surface area contributed by atoms with Crippen molar-refractivity contribution < 1.29 is 19.5 Å². The quantitative estimate of drug-likeness (QED) is 0.451. The van der Waals surface area contributed by atoms with Crippen LogP contribution in [-0.2, 0) is 20.8 Å². The fourth-order valence-electron chi connectivity index (χ4n) is 1.65. The predicted octanol–water partition coefficient (Wildman–Crippen LogP) is -1.40. The first-order valence-electron chi connectivity index (χ1n) is 5.96. The van der Waals surface area contributed by atoms with Crippen LogP contribution in [-0.4, -0.2) is 34.7 Å². The van der Waals surface area contributed by atoms with Gasteiger partial charge in [0.15, 0.2) is 0 Å². The summed E-state index contributed by atoms with van der Waals surface area (Å²) in [5, 5.41) is 9.13. The van der Waals surface area contributed by atoms with Crippen LogP contribution in [0.4, 0.5) is 0 Å². The van der Waals surface area contributed by atoms with Gasteiger partial charge in [-0.05, 0) is 24.1 Å². The Morgan fingerprint density at radius 3 is 2.00 bits per heavy atom. The molecule has 108 valence electrons. The van der Waals surface area contributed by atoms with E-state index >= 15 is 0 Å². The second-order valence-corrected chi connectivity index (χ2v) is 4.48. The Kier molecular flexibility index (Phi) is 5.36. The molecule has 0 fully saturated rings. The zero-order valence-corrected chi connectivity index (χ0v) is 10.8. The molecule has 0 saturated heterocycles. The molecule has 1 aromatic carbocycles. The van der Waals surface area contributed by atoms with Crippen LogP contribution in [0.25, 0.3) is 0 Å². The summed E-state index contributed by atoms with van der Waals surface area (Å²) in [4.78, 5) is 34.1. The van der Waals surface area contributed by atoms with Gasteiger partial charge in [0.25, 0.3) is 0 Å². The van der Waals surface area contributed by atoms with Crippen molar-refractivity contribution in [3.05, 3.63) is 29.8 Å². The van der Waals surface area contributed by atoms with E-state index in [1.165, 1.54) is 12.1 Å². The van der Waals surface area contributed by atoms with Gasteiger partial charge in [-0.15, -0.1) is 0 Å². The molecule has 0 spiro atoms. The average molecular weight is 279 g/mol. The molecule has 0 saturated carbocycles. The monoisotopic (exact) mass is 279 g/mol. The summed E-state index contributed by atoms with van der Waals surface area (Å²) in [6, 6.07) is 3.78. The second kappa shape index (κ2) is 6.78. The third-order valence-corrected chi connectivity index (χ3v) is 2.73. The minimum atomic E-state index is -1.26. The summed E-state index contributed by atoms with van der Waals surface area (Å²) >= 11 is 0. The van der Waals surface area contributed by atoms with Crippen LogP contribution in [0.5, 0.6) is 5.75 Å². The Balaban J connectivity index is 2.64. The van der Waals surface area contributed by atoms with Crippen LogP contribution >= 0.6 is 0 Å². The highest BCUT2D eigenvalue weighted by Crippen LogP contribution is 2.11. The number of hydrogen-bond donors (Lipinski definition) is 4. The van der Waals surface area contributed by atoms with Gasteiger partial charge in [0.05, 0.1) is 12.1 Å². The molecule has 0 heterocycles. The van der Waals surface area contributed by atoms with Crippen LogP contribution in [0, 0.1) is 0 Å². The van der Waals surface area contributed by atoms with E-state index in [1.807, 2.05) is 0 Å². The maximum absolute atomic E-state index is 11.8. The van der Waals surface area contributed by atoms with Crippen molar-refractivity contribution in [2.24, 2.45) is 17.2 Å². The molecule has 0 aromatic heterocycles. The lowest BCUT2D eigenvalue weighted by Crippen LogP contribution is -2.46. The molecule has 1 amide bonds. The molecule has 7 nitrogen and oxygen atoms in total. The van der Waals surface area contributed by atoms with Crippen molar-refractivity contribution in [3.63, 3.8) is 0 Å². The lowest BCUT2D eigenvalue weighted by molar-refractivity contribution is -0.138. The fourth-order valence-corrected chi connectivity index (χ4v) is 1.65. The van der Waals surface area contributed by atoms with Crippen molar-refractivity contribution in [2.45, 2.75) is 24.9 Å². The number of phenols is 1. The number of phenolic OH excluding ortho intramolecular Hbond substituents is 1. The normalized spacial score (nSPS) is 13.5. The van der Waals surface area contributed by atoms with Crippen LogP contribution in [0.1, 0.15) is 12.0 Å². The number of hydrogen-bond acceptors (Lipinski definition) is 6. The van der Waals surface area contributed by atoms with Crippen LogP contribution < -0.4 is 17.2 Å². The third-order valence-electron chi connectivity index (χ3n) is 2.73. The van der Waals surface area contributed by atoms with Gasteiger partial charge in [-0.2, -0.15) is 0 Å². The smallest absolute Gasteiger partial charge is 0.219 e. The van der Waals surface area contributed by atoms with E-state index in [2.05, 4.69) is 0 Å². The van der Waals surface area contributed by atoms with Crippen LogP contribution in [0.3, 0.4) is 0 Å². The Labute approximate surface area is 115 Å². The van der Waals surface area contributed by atoms with Gasteiger partial charge >= 0.3 is 0 Å². The lowest BCUT2D eigenvalue weighted by Gasteiger charge is -2.13. The van der Waals surface area contributed by atoms with Crippen molar-refractivity contribution >= 4 is 17.5 Å². The number of benzene rings is 1. The summed E-state index contributed by atoms with van der Waals surface area (Å²) in [7, 11) is 0. The van der Waals surface area contributed by atoms with Gasteiger partial charge in [0.1, 0.15) is 5.75 Å². The molecular weight excluding hydrogens is 262 g/mol. The van der Waals surface area contributed by atoms with Gasteiger partial charge in [0, 0.05) is 6.42 Å². The van der Waals surface area contributed by atoms with E-state index in [-0.39, 0.29) is 12.2 Å². The first-order valence-corrected chi connectivity index (χ1v) is 5.96. The summed E-state index contributed by atoms with van der Waals surface area (Å²) < 4.78 is 0. The molecule has 0 aliphatic rings. The topological polar surface area (TPSA) is 150 Å². The standard InChI is InChI=1S/C13H17N3O4/c14-9(5-7-1-3-8(17)4-2-7)12(19)13(20)10(15)6-11(16)18/h1-4,9-10,17H,5-6,14-15H2,(H2,16,18)/t9-,10-/m0/s1. The van der Waals surface area contributed by atoms with Gasteiger partial charge < -0.3 is 22.3 Å². The van der Waals surface area contributed by atoms with Gasteiger partial charge in [-0.3, -0.25) is 14.4 Å². The van der Waals surface area contributed by atoms with E-state index in [0.29, 0.717) is 5.56 Å². The highest BCUT2D eigenvalue weighted by atomic mass is 16.3. The van der Waals surface area contributed by atoms with Crippen molar-refractivity contribution in [1.82, 2.24) is 0 Å². The number of aromatic hydroxyl groups is 1. The van der Waals surface area contributed by atoms with E-state index in [9.17, 15) is 14.4 Å². The van der Waals surface area contributed by atoms with E-state index < -0.39 is 36.0 Å². The Morgan fingerprint density at radius 1 is 1.00 bits per heavy atom. The molecular formula is C13H17N3O4. The largest absolute Gasteiger partial charge is 0.508 e. The highest BCUT2D eigenvalue weighted by molar-refractivity contribution is 6.41. The molecule has 0 unspecified atom stereocenters. The Hall–Kier alpha value is -2.25. The molecule has 0 radical (unpaired) electrons. The minimum Gasteiger partial charge on any atom is -0.508 e. The minimum absolute atomic E-state index is 0.0909. The predicted molar refractivity (Wildman–Crippen MR) is 71.6 cm³/mol. The van der Waals surface area contributed by atoms with Crippen molar-refractivity contribution in [3.8, 4) is 5.75 Å². The Morgan fingerprint density at radius 2 is 1.50 bits per heavy atom. The summed E-state index contributed by atoms with van der Waals surface area (Å²) in [6.07, 6.45) is -0.259. The first-order chi connectivity index (χ1) is 9.31. The molecule has 0 aliphatic heterocycles. The molecule has 0 bridgehead atoms. The maximum Gasteiger partial charge on any atom is 0.219 e. The second-order valence-electron chi connectivity index (χ2n) is 4.48. The van der Waals surface area contributed by atoms with E-state index in [0.717, 1.165) is 0 Å². The van der Waals surface area contributed by atoms with Gasteiger partial charge in [0.2, 0.25) is 17.5 Å².